The number of nitrogens with two attached hydrogens (primary N) is 1. The normalized spacial score (nSPS) is 14.3. The third-order valence-electron chi connectivity index (χ3n) is 2.08. The van der Waals surface area contributed by atoms with Crippen molar-refractivity contribution in [3.05, 3.63) is 12.2 Å². The molecule has 0 fully saturated rings. The molecular formula is C7H25NO3Si4. The van der Waals surface area contributed by atoms with Crippen molar-refractivity contribution < 1.29 is 13.0 Å². The Morgan fingerprint density at radius 1 is 1.40 bits per heavy atom. The van der Waals surface area contributed by atoms with E-state index in [9.17, 15) is 0 Å². The summed E-state index contributed by atoms with van der Waals surface area (Å²) in [6, 6.07) is 1.95. The van der Waals surface area contributed by atoms with Gasteiger partial charge in [0, 0.05) is 6.04 Å². The lowest BCUT2D eigenvalue weighted by atomic mass is 10.4. The Labute approximate surface area is 103 Å². The van der Waals surface area contributed by atoms with E-state index in [0.29, 0.717) is 10.5 Å². The minimum absolute atomic E-state index is 0.306. The lowest BCUT2D eigenvalue weighted by molar-refractivity contribution is 0.420. The zero-order valence-electron chi connectivity index (χ0n) is 10.4. The highest BCUT2D eigenvalue weighted by atomic mass is 28.4. The summed E-state index contributed by atoms with van der Waals surface area (Å²) in [6.45, 7) is 6.67. The number of hydrogen-bond donors (Lipinski definition) is 2. The van der Waals surface area contributed by atoms with Crippen molar-refractivity contribution in [2.45, 2.75) is 25.4 Å². The Bertz CT molecular complexity index is 166. The van der Waals surface area contributed by atoms with Crippen LogP contribution in [-0.4, -0.2) is 51.4 Å². The monoisotopic (exact) mass is 283 g/mol. The molecule has 0 aliphatic heterocycles. The van der Waals surface area contributed by atoms with Crippen molar-refractivity contribution in [1.82, 2.24) is 0 Å². The van der Waals surface area contributed by atoms with Crippen LogP contribution in [0.1, 0.15) is 13.3 Å². The third-order valence-corrected chi connectivity index (χ3v) is 10.3. The maximum absolute atomic E-state index is 7.14. The van der Waals surface area contributed by atoms with Crippen molar-refractivity contribution in [3.63, 3.8) is 0 Å². The molecule has 0 saturated heterocycles. The van der Waals surface area contributed by atoms with Gasteiger partial charge in [0.1, 0.15) is 31.5 Å². The van der Waals surface area contributed by atoms with Gasteiger partial charge in [-0.2, -0.15) is 0 Å². The second-order valence-corrected chi connectivity index (χ2v) is 9.29. The first-order valence-corrected chi connectivity index (χ1v) is 9.75. The summed E-state index contributed by atoms with van der Waals surface area (Å²) < 4.78 is 11.3. The summed E-state index contributed by atoms with van der Waals surface area (Å²) in [7, 11) is -0.0680. The van der Waals surface area contributed by atoms with Gasteiger partial charge in [-0.05, 0) is 25.9 Å². The summed E-state index contributed by atoms with van der Waals surface area (Å²) in [5, 5.41) is 0. The lowest BCUT2D eigenvalue weighted by Crippen LogP contribution is -2.41. The first-order chi connectivity index (χ1) is 7.10. The van der Waals surface area contributed by atoms with Crippen molar-refractivity contribution in [1.29, 1.82) is 0 Å². The van der Waals surface area contributed by atoms with E-state index in [-0.39, 0.29) is 0 Å². The van der Waals surface area contributed by atoms with E-state index in [0.717, 1.165) is 51.6 Å². The van der Waals surface area contributed by atoms with Crippen LogP contribution in [0.4, 0.5) is 0 Å². The summed E-state index contributed by atoms with van der Waals surface area (Å²) in [4.78, 5) is 7.14. The predicted octanol–water partition coefficient (Wildman–Crippen LogP) is -2.79. The summed E-state index contributed by atoms with van der Waals surface area (Å²) in [5.74, 6) is 0. The predicted molar refractivity (Wildman–Crippen MR) is 78.1 cm³/mol. The Hall–Kier alpha value is 0.448. The number of rotatable bonds is 7. The zero-order valence-corrected chi connectivity index (χ0v) is 17.4. The van der Waals surface area contributed by atoms with E-state index >= 15 is 0 Å². The molecule has 0 atom stereocenters. The molecule has 0 spiro atoms. The standard InChI is InChI=1S/C7H21NO2Si3.H4OSi/c1-7(2)6-13(9-11,10-12)5-3-4-8;1-2/h1,3-6,8H2,2,11-12H3;1H,2H3. The number of allylic oxidation sites excluding steroid dienone is 1. The van der Waals surface area contributed by atoms with Gasteiger partial charge in [-0.3, -0.25) is 0 Å². The molecule has 4 nitrogen and oxygen atoms in total. The molecule has 0 aliphatic rings. The minimum atomic E-state index is -1.88. The highest BCUT2D eigenvalue weighted by Crippen LogP contribution is 2.22. The van der Waals surface area contributed by atoms with Crippen molar-refractivity contribution in [2.24, 2.45) is 5.73 Å². The lowest BCUT2D eigenvalue weighted by Gasteiger charge is -2.28. The van der Waals surface area contributed by atoms with Crippen LogP contribution in [0.2, 0.25) is 12.1 Å². The van der Waals surface area contributed by atoms with Crippen LogP contribution in [0.5, 0.6) is 0 Å². The van der Waals surface area contributed by atoms with Gasteiger partial charge in [0.15, 0.2) is 0 Å². The third kappa shape index (κ3) is 8.27. The maximum Gasteiger partial charge on any atom is 0.320 e. The van der Waals surface area contributed by atoms with Crippen molar-refractivity contribution >= 4 is 40.0 Å². The van der Waals surface area contributed by atoms with Crippen LogP contribution in [0.3, 0.4) is 0 Å². The van der Waals surface area contributed by atoms with Crippen LogP contribution in [0, 0.1) is 0 Å². The fraction of sp³-hybridized carbons (Fsp3) is 0.714. The molecule has 0 radical (unpaired) electrons. The molecule has 0 amide bonds. The van der Waals surface area contributed by atoms with Crippen LogP contribution in [-0.2, 0) is 8.23 Å². The van der Waals surface area contributed by atoms with E-state index in [2.05, 4.69) is 6.58 Å². The Balaban J connectivity index is 0. The van der Waals surface area contributed by atoms with Gasteiger partial charge >= 0.3 is 8.56 Å². The smallest absolute Gasteiger partial charge is 0.320 e. The maximum atomic E-state index is 7.14. The van der Waals surface area contributed by atoms with Crippen LogP contribution < -0.4 is 5.73 Å². The SMILES string of the molecule is C=C(C)C[Si](CCCN)(O[SiH3])O[SiH3].O[SiH3]. The van der Waals surface area contributed by atoms with E-state index in [1.807, 2.05) is 6.92 Å². The molecule has 0 aromatic rings. The molecule has 15 heavy (non-hydrogen) atoms. The van der Waals surface area contributed by atoms with Gasteiger partial charge in [0.25, 0.3) is 0 Å². The van der Waals surface area contributed by atoms with Gasteiger partial charge < -0.3 is 18.8 Å². The highest BCUT2D eigenvalue weighted by Gasteiger charge is 2.33. The number of hydrogen-bond acceptors (Lipinski definition) is 4. The van der Waals surface area contributed by atoms with E-state index < -0.39 is 8.56 Å². The molecule has 3 N–H and O–H groups in total. The zero-order chi connectivity index (χ0) is 12.3. The molecule has 0 aromatic carbocycles. The van der Waals surface area contributed by atoms with Gasteiger partial charge in [0.2, 0.25) is 0 Å². The fourth-order valence-electron chi connectivity index (χ4n) is 1.35. The molecule has 0 aromatic heterocycles. The quantitative estimate of drug-likeness (QED) is 0.392. The Morgan fingerprint density at radius 3 is 2.13 bits per heavy atom. The van der Waals surface area contributed by atoms with Crippen LogP contribution >= 0.6 is 0 Å². The highest BCUT2D eigenvalue weighted by molar-refractivity contribution is 6.73. The molecule has 8 heteroatoms. The van der Waals surface area contributed by atoms with Gasteiger partial charge in [-0.15, -0.1) is 6.58 Å². The van der Waals surface area contributed by atoms with Crippen molar-refractivity contribution in [3.8, 4) is 0 Å². The van der Waals surface area contributed by atoms with Gasteiger partial charge in [-0.25, -0.2) is 0 Å². The molecule has 92 valence electrons. The molecule has 0 heterocycles. The topological polar surface area (TPSA) is 64.7 Å². The van der Waals surface area contributed by atoms with Crippen LogP contribution in [0.15, 0.2) is 12.2 Å². The van der Waals surface area contributed by atoms with Crippen LogP contribution in [0.25, 0.3) is 0 Å². The molecule has 0 rings (SSSR count). The summed E-state index contributed by atoms with van der Waals surface area (Å²) in [5.41, 5.74) is 6.65. The van der Waals surface area contributed by atoms with Gasteiger partial charge in [0.05, 0.1) is 0 Å². The van der Waals surface area contributed by atoms with E-state index in [1.165, 1.54) is 0 Å². The molecular weight excluding hydrogens is 258 g/mol. The summed E-state index contributed by atoms with van der Waals surface area (Å²) >= 11 is 0. The average Bonchev–Trinajstić information content (AvgIpc) is 2.26. The van der Waals surface area contributed by atoms with E-state index in [4.69, 9.17) is 18.8 Å². The molecule has 0 bridgehead atoms. The molecule has 0 aliphatic carbocycles. The Kier molecular flexibility index (Phi) is 13.0. The first kappa shape index (κ1) is 17.8. The average molecular weight is 284 g/mol. The Morgan fingerprint density at radius 2 is 1.87 bits per heavy atom. The fourth-order valence-corrected chi connectivity index (χ4v) is 8.14. The van der Waals surface area contributed by atoms with Crippen molar-refractivity contribution in [2.75, 3.05) is 6.54 Å². The van der Waals surface area contributed by atoms with E-state index in [1.54, 1.807) is 0 Å². The molecule has 0 saturated carbocycles. The summed E-state index contributed by atoms with van der Waals surface area (Å²) in [6.07, 6.45) is 1.00. The largest absolute Gasteiger partial charge is 0.445 e. The van der Waals surface area contributed by atoms with Gasteiger partial charge in [-0.1, -0.05) is 5.57 Å². The minimum Gasteiger partial charge on any atom is -0.445 e. The second-order valence-electron chi connectivity index (χ2n) is 3.35. The first-order valence-electron chi connectivity index (χ1n) is 4.99. The second kappa shape index (κ2) is 10.9. The molecule has 0 unspecified atom stereocenters.